The van der Waals surface area contributed by atoms with Gasteiger partial charge in [0.2, 0.25) is 15.9 Å². The summed E-state index contributed by atoms with van der Waals surface area (Å²) in [4.78, 5) is 26.2. The van der Waals surface area contributed by atoms with Gasteiger partial charge in [-0.25, -0.2) is 13.6 Å². The molecule has 196 valence electrons. The van der Waals surface area contributed by atoms with Crippen LogP contribution in [-0.4, -0.2) is 55.5 Å². The number of methoxy groups -OCH3 is 1. The number of nitriles is 1. The fraction of sp³-hybridized carbons (Fsp3) is 0.360. The van der Waals surface area contributed by atoms with Crippen molar-refractivity contribution >= 4 is 32.7 Å². The van der Waals surface area contributed by atoms with Crippen LogP contribution in [0.25, 0.3) is 10.9 Å². The van der Waals surface area contributed by atoms with Gasteiger partial charge in [-0.15, -0.1) is 0 Å². The lowest BCUT2D eigenvalue weighted by Crippen LogP contribution is -2.54. The van der Waals surface area contributed by atoms with Crippen molar-refractivity contribution in [1.29, 1.82) is 5.26 Å². The zero-order valence-corrected chi connectivity index (χ0v) is 21.9. The third-order valence-corrected chi connectivity index (χ3v) is 6.47. The fourth-order valence-electron chi connectivity index (χ4n) is 3.82. The topological polar surface area (TPSA) is 169 Å². The Hall–Kier alpha value is -3.95. The monoisotopic (exact) mass is 526 g/mol. The first-order valence-electron chi connectivity index (χ1n) is 11.5. The van der Waals surface area contributed by atoms with E-state index in [0.29, 0.717) is 22.2 Å². The van der Waals surface area contributed by atoms with Crippen LogP contribution in [0, 0.1) is 16.7 Å². The van der Waals surface area contributed by atoms with Crippen molar-refractivity contribution in [3.63, 3.8) is 0 Å². The Morgan fingerprint density at radius 1 is 1.22 bits per heavy atom. The summed E-state index contributed by atoms with van der Waals surface area (Å²) in [5.74, 6) is -0.982. The Morgan fingerprint density at radius 2 is 1.92 bits per heavy atom. The van der Waals surface area contributed by atoms with E-state index in [2.05, 4.69) is 21.8 Å². The molecule has 37 heavy (non-hydrogen) atoms. The summed E-state index contributed by atoms with van der Waals surface area (Å²) in [6.07, 6.45) is 0. The van der Waals surface area contributed by atoms with Crippen LogP contribution in [0.1, 0.15) is 42.4 Å². The molecule has 1 aromatic heterocycles. The van der Waals surface area contributed by atoms with Gasteiger partial charge < -0.3 is 15.4 Å². The lowest BCUT2D eigenvalue weighted by Gasteiger charge is -2.30. The van der Waals surface area contributed by atoms with Gasteiger partial charge in [0.05, 0.1) is 36.6 Å². The number of carbonyl (C=O) groups is 2. The predicted molar refractivity (Wildman–Crippen MR) is 138 cm³/mol. The number of hydrogen-bond acceptors (Lipinski definition) is 7. The summed E-state index contributed by atoms with van der Waals surface area (Å²) in [6, 6.07) is 13.4. The van der Waals surface area contributed by atoms with Crippen LogP contribution in [0.15, 0.2) is 42.5 Å². The molecule has 2 amide bonds. The Bertz CT molecular complexity index is 1470. The lowest BCUT2D eigenvalue weighted by atomic mass is 9.86. The normalized spacial score (nSPS) is 12.5. The number of aromatic nitrogens is 2. The van der Waals surface area contributed by atoms with Gasteiger partial charge in [0.15, 0.2) is 5.69 Å². The van der Waals surface area contributed by atoms with E-state index >= 15 is 0 Å². The third-order valence-electron chi connectivity index (χ3n) is 5.70. The van der Waals surface area contributed by atoms with Crippen molar-refractivity contribution in [3.05, 3.63) is 59.3 Å². The Balaban J connectivity index is 1.91. The number of primary sulfonamides is 1. The maximum atomic E-state index is 13.4. The molecule has 0 saturated heterocycles. The smallest absolute Gasteiger partial charge is 0.273 e. The fourth-order valence-corrected chi connectivity index (χ4v) is 4.20. The van der Waals surface area contributed by atoms with Gasteiger partial charge in [-0.1, -0.05) is 45.0 Å². The summed E-state index contributed by atoms with van der Waals surface area (Å²) >= 11 is 0. The minimum atomic E-state index is -3.74. The summed E-state index contributed by atoms with van der Waals surface area (Å²) < 4.78 is 29.5. The van der Waals surface area contributed by atoms with Crippen LogP contribution in [0.5, 0.6) is 5.75 Å². The molecule has 0 spiro atoms. The first-order valence-corrected chi connectivity index (χ1v) is 13.2. The molecule has 0 fully saturated rings. The minimum absolute atomic E-state index is 0.134. The molecular formula is C25H30N6O5S. The number of nitrogens with two attached hydrogens (primary N) is 1. The van der Waals surface area contributed by atoms with E-state index in [1.807, 2.05) is 12.1 Å². The second kappa shape index (κ2) is 11.0. The molecule has 4 N–H and O–H groups in total. The summed E-state index contributed by atoms with van der Waals surface area (Å²) in [6.45, 7) is 5.45. The van der Waals surface area contributed by atoms with E-state index in [4.69, 9.17) is 15.1 Å². The molecule has 0 saturated carbocycles. The predicted octanol–water partition coefficient (Wildman–Crippen LogP) is 1.51. The van der Waals surface area contributed by atoms with Crippen molar-refractivity contribution in [2.24, 2.45) is 10.6 Å². The number of sulfonamides is 1. The standard InChI is InChI=1S/C25H30N6O5S/c1-25(2,3)22(24(33)28-11-12-37(27,34)35)29-23(32)21-18-7-5-6-8-19(18)31(30-21)15-17-10-9-16(14-26)13-20(17)36-4/h5-10,13,22H,11-12,15H2,1-4H3,(H,28,33)(H,29,32)(H2,27,34,35)/t22-/m1/s1. The number of amides is 2. The van der Waals surface area contributed by atoms with E-state index < -0.39 is 39.0 Å². The molecule has 3 aromatic rings. The molecule has 0 aliphatic carbocycles. The minimum Gasteiger partial charge on any atom is -0.496 e. The molecule has 0 aliphatic rings. The van der Waals surface area contributed by atoms with E-state index in [1.165, 1.54) is 7.11 Å². The Morgan fingerprint density at radius 3 is 2.54 bits per heavy atom. The average molecular weight is 527 g/mol. The molecular weight excluding hydrogens is 496 g/mol. The molecule has 0 aliphatic heterocycles. The number of rotatable bonds is 9. The molecule has 2 aromatic carbocycles. The van der Waals surface area contributed by atoms with Gasteiger partial charge in [0.25, 0.3) is 5.91 Å². The second-order valence-electron chi connectivity index (χ2n) is 9.59. The summed E-state index contributed by atoms with van der Waals surface area (Å²) in [5.41, 5.74) is 1.37. The quantitative estimate of drug-likeness (QED) is 0.379. The SMILES string of the molecule is COc1cc(C#N)ccc1Cn1nc(C(=O)N[C@H](C(=O)NCCS(N)(=O)=O)C(C)(C)C)c2ccccc21. The highest BCUT2D eigenvalue weighted by Gasteiger charge is 2.34. The van der Waals surface area contributed by atoms with Crippen LogP contribution in [0.2, 0.25) is 0 Å². The number of nitrogens with one attached hydrogen (secondary N) is 2. The van der Waals surface area contributed by atoms with Crippen molar-refractivity contribution in [2.45, 2.75) is 33.4 Å². The highest BCUT2D eigenvalue weighted by Crippen LogP contribution is 2.25. The maximum absolute atomic E-state index is 13.4. The lowest BCUT2D eigenvalue weighted by molar-refractivity contribution is -0.125. The molecule has 0 bridgehead atoms. The van der Waals surface area contributed by atoms with Gasteiger partial charge in [-0.3, -0.25) is 14.3 Å². The van der Waals surface area contributed by atoms with E-state index in [-0.39, 0.29) is 18.8 Å². The number of nitrogens with zero attached hydrogens (tertiary/aromatic N) is 3. The first kappa shape index (κ1) is 27.6. The highest BCUT2D eigenvalue weighted by molar-refractivity contribution is 7.89. The van der Waals surface area contributed by atoms with E-state index in [9.17, 15) is 18.0 Å². The molecule has 0 unspecified atom stereocenters. The highest BCUT2D eigenvalue weighted by atomic mass is 32.2. The molecule has 1 heterocycles. The van der Waals surface area contributed by atoms with Gasteiger partial charge in [0, 0.05) is 17.5 Å². The molecule has 0 radical (unpaired) electrons. The van der Waals surface area contributed by atoms with E-state index in [1.54, 1.807) is 55.8 Å². The van der Waals surface area contributed by atoms with Gasteiger partial charge in [-0.05, 0) is 23.6 Å². The number of fused-ring (bicyclic) bond motifs is 1. The third kappa shape index (κ3) is 6.84. The van der Waals surface area contributed by atoms with Gasteiger partial charge in [-0.2, -0.15) is 10.4 Å². The number of ether oxygens (including phenoxy) is 1. The zero-order valence-electron chi connectivity index (χ0n) is 21.1. The maximum Gasteiger partial charge on any atom is 0.273 e. The van der Waals surface area contributed by atoms with Crippen molar-refractivity contribution in [1.82, 2.24) is 20.4 Å². The van der Waals surface area contributed by atoms with Crippen molar-refractivity contribution < 1.29 is 22.7 Å². The van der Waals surface area contributed by atoms with Crippen LogP contribution in [0.3, 0.4) is 0 Å². The molecule has 11 nitrogen and oxygen atoms in total. The Labute approximate surface area is 215 Å². The molecule has 3 rings (SSSR count). The van der Waals surface area contributed by atoms with Gasteiger partial charge >= 0.3 is 0 Å². The molecule has 12 heteroatoms. The van der Waals surface area contributed by atoms with Crippen LogP contribution in [0.4, 0.5) is 0 Å². The van der Waals surface area contributed by atoms with Crippen LogP contribution in [-0.2, 0) is 21.4 Å². The van der Waals surface area contributed by atoms with Crippen LogP contribution >= 0.6 is 0 Å². The number of carbonyl (C=O) groups excluding carboxylic acids is 2. The Kier molecular flexibility index (Phi) is 8.20. The summed E-state index contributed by atoms with van der Waals surface area (Å²) in [5, 5.41) is 24.6. The van der Waals surface area contributed by atoms with Crippen molar-refractivity contribution in [2.75, 3.05) is 19.4 Å². The number of benzene rings is 2. The van der Waals surface area contributed by atoms with Crippen molar-refractivity contribution in [3.8, 4) is 11.8 Å². The summed E-state index contributed by atoms with van der Waals surface area (Å²) in [7, 11) is -2.23. The van der Waals surface area contributed by atoms with Gasteiger partial charge in [0.1, 0.15) is 11.8 Å². The molecule has 1 atom stereocenters. The first-order chi connectivity index (χ1) is 17.3. The number of hydrogen-bond donors (Lipinski definition) is 3. The van der Waals surface area contributed by atoms with E-state index in [0.717, 1.165) is 5.56 Å². The average Bonchev–Trinajstić information content (AvgIpc) is 3.19. The number of para-hydroxylation sites is 1. The second-order valence-corrected chi connectivity index (χ2v) is 11.3. The van der Waals surface area contributed by atoms with Crippen LogP contribution < -0.4 is 20.5 Å². The largest absolute Gasteiger partial charge is 0.496 e. The zero-order chi connectivity index (χ0) is 27.4.